The lowest BCUT2D eigenvalue weighted by molar-refractivity contribution is 0.00702. The van der Waals surface area contributed by atoms with E-state index < -0.39 is 0 Å². The number of aromatic nitrogens is 2. The van der Waals surface area contributed by atoms with Gasteiger partial charge < -0.3 is 15.0 Å². The number of amides is 1. The molecule has 1 aromatic heterocycles. The van der Waals surface area contributed by atoms with Gasteiger partial charge in [-0.15, -0.1) is 0 Å². The third-order valence-corrected chi connectivity index (χ3v) is 3.30. The highest BCUT2D eigenvalue weighted by atomic mass is 16.5. The molecule has 0 spiro atoms. The molecule has 1 N–H and O–H groups in total. The Kier molecular flexibility index (Phi) is 5.29. The number of piperidine rings is 1. The Balaban J connectivity index is 1.99. The number of carbonyl (C=O) groups excluding carboxylic acids is 1. The fourth-order valence-corrected chi connectivity index (χ4v) is 2.37. The molecule has 0 radical (unpaired) electrons. The first-order valence-electron chi connectivity index (χ1n) is 7.21. The molecule has 2 heterocycles. The number of hydrogen-bond acceptors (Lipinski definition) is 5. The summed E-state index contributed by atoms with van der Waals surface area (Å²) in [5.41, 5.74) is 0.392. The number of ether oxygens (including phenoxy) is 1. The van der Waals surface area contributed by atoms with E-state index in [2.05, 4.69) is 15.3 Å². The molecule has 1 aliphatic rings. The van der Waals surface area contributed by atoms with Crippen LogP contribution in [0.3, 0.4) is 0 Å². The largest absolute Gasteiger partial charge is 0.377 e. The predicted molar refractivity (Wildman–Crippen MR) is 76.7 cm³/mol. The molecule has 110 valence electrons. The number of likely N-dealkylation sites (tertiary alicyclic amines) is 1. The average molecular weight is 278 g/mol. The second kappa shape index (κ2) is 7.19. The van der Waals surface area contributed by atoms with Crippen LogP contribution in [0.4, 0.5) is 5.82 Å². The Morgan fingerprint density at radius 1 is 1.45 bits per heavy atom. The standard InChI is InChI=1S/C14H22N4O2/c1-3-15-13-9-16-12(8-17-13)14(19)18-7-5-6-11(10-18)20-4-2/h8-9,11H,3-7,10H2,1-2H3,(H,15,17). The molecule has 2 rings (SSSR count). The van der Waals surface area contributed by atoms with Gasteiger partial charge in [0.05, 0.1) is 18.5 Å². The SMILES string of the molecule is CCNc1cnc(C(=O)N2CCCC(OCC)C2)cn1. The monoisotopic (exact) mass is 278 g/mol. The van der Waals surface area contributed by atoms with Gasteiger partial charge in [0.1, 0.15) is 11.5 Å². The third-order valence-electron chi connectivity index (χ3n) is 3.30. The highest BCUT2D eigenvalue weighted by molar-refractivity contribution is 5.92. The molecule has 1 aliphatic heterocycles. The minimum absolute atomic E-state index is 0.0649. The summed E-state index contributed by atoms with van der Waals surface area (Å²) in [6.07, 6.45) is 5.26. The Morgan fingerprint density at radius 2 is 2.30 bits per heavy atom. The van der Waals surface area contributed by atoms with Gasteiger partial charge in [0.15, 0.2) is 0 Å². The molecule has 1 saturated heterocycles. The molecular weight excluding hydrogens is 256 g/mol. The van der Waals surface area contributed by atoms with Crippen LogP contribution in [-0.4, -0.2) is 53.1 Å². The molecule has 20 heavy (non-hydrogen) atoms. The van der Waals surface area contributed by atoms with Gasteiger partial charge in [-0.05, 0) is 26.7 Å². The normalized spacial score (nSPS) is 18.9. The van der Waals surface area contributed by atoms with E-state index in [0.29, 0.717) is 24.7 Å². The minimum Gasteiger partial charge on any atom is -0.377 e. The van der Waals surface area contributed by atoms with Crippen LogP contribution >= 0.6 is 0 Å². The van der Waals surface area contributed by atoms with Crippen molar-refractivity contribution in [2.24, 2.45) is 0 Å². The molecule has 0 aromatic carbocycles. The van der Waals surface area contributed by atoms with Crippen molar-refractivity contribution in [2.45, 2.75) is 32.8 Å². The number of hydrogen-bond donors (Lipinski definition) is 1. The first-order valence-corrected chi connectivity index (χ1v) is 7.21. The van der Waals surface area contributed by atoms with Gasteiger partial charge in [-0.25, -0.2) is 9.97 Å². The zero-order valence-corrected chi connectivity index (χ0v) is 12.1. The van der Waals surface area contributed by atoms with Crippen molar-refractivity contribution >= 4 is 11.7 Å². The summed E-state index contributed by atoms with van der Waals surface area (Å²) < 4.78 is 5.61. The highest BCUT2D eigenvalue weighted by Gasteiger charge is 2.25. The number of carbonyl (C=O) groups is 1. The topological polar surface area (TPSA) is 67.4 Å². The second-order valence-electron chi connectivity index (χ2n) is 4.79. The lowest BCUT2D eigenvalue weighted by Gasteiger charge is -2.32. The van der Waals surface area contributed by atoms with E-state index >= 15 is 0 Å². The maximum absolute atomic E-state index is 12.4. The Morgan fingerprint density at radius 3 is 2.95 bits per heavy atom. The lowest BCUT2D eigenvalue weighted by Crippen LogP contribution is -2.43. The summed E-state index contributed by atoms with van der Waals surface area (Å²) in [4.78, 5) is 22.5. The second-order valence-corrected chi connectivity index (χ2v) is 4.79. The summed E-state index contributed by atoms with van der Waals surface area (Å²) in [6, 6.07) is 0. The molecule has 0 aliphatic carbocycles. The lowest BCUT2D eigenvalue weighted by atomic mass is 10.1. The van der Waals surface area contributed by atoms with Crippen LogP contribution in [0.1, 0.15) is 37.2 Å². The first-order chi connectivity index (χ1) is 9.74. The van der Waals surface area contributed by atoms with E-state index in [1.54, 1.807) is 11.1 Å². The van der Waals surface area contributed by atoms with Crippen LogP contribution in [0, 0.1) is 0 Å². The van der Waals surface area contributed by atoms with E-state index in [1.165, 1.54) is 6.20 Å². The van der Waals surface area contributed by atoms with Gasteiger partial charge in [0.25, 0.3) is 5.91 Å². The van der Waals surface area contributed by atoms with Crippen molar-refractivity contribution in [2.75, 3.05) is 31.6 Å². The van der Waals surface area contributed by atoms with Crippen molar-refractivity contribution in [3.8, 4) is 0 Å². The third kappa shape index (κ3) is 3.66. The molecule has 1 aromatic rings. The van der Waals surface area contributed by atoms with E-state index in [9.17, 15) is 4.79 Å². The number of anilines is 1. The van der Waals surface area contributed by atoms with Crippen LogP contribution < -0.4 is 5.32 Å². The molecule has 0 bridgehead atoms. The van der Waals surface area contributed by atoms with E-state index in [1.807, 2.05) is 13.8 Å². The molecule has 1 unspecified atom stereocenters. The molecule has 1 amide bonds. The summed E-state index contributed by atoms with van der Waals surface area (Å²) >= 11 is 0. The van der Waals surface area contributed by atoms with Crippen LogP contribution in [0.5, 0.6) is 0 Å². The summed E-state index contributed by atoms with van der Waals surface area (Å²) in [7, 11) is 0. The average Bonchev–Trinajstić information content (AvgIpc) is 2.48. The van der Waals surface area contributed by atoms with Crippen molar-refractivity contribution < 1.29 is 9.53 Å². The Hall–Kier alpha value is -1.69. The van der Waals surface area contributed by atoms with Gasteiger partial charge in [0.2, 0.25) is 0 Å². The molecule has 6 heteroatoms. The van der Waals surface area contributed by atoms with E-state index in [4.69, 9.17) is 4.74 Å². The zero-order chi connectivity index (χ0) is 14.4. The number of nitrogens with one attached hydrogen (secondary N) is 1. The van der Waals surface area contributed by atoms with Gasteiger partial charge in [-0.3, -0.25) is 4.79 Å². The van der Waals surface area contributed by atoms with E-state index in [0.717, 1.165) is 25.9 Å². The van der Waals surface area contributed by atoms with Crippen LogP contribution in [0.2, 0.25) is 0 Å². The van der Waals surface area contributed by atoms with Gasteiger partial charge in [-0.2, -0.15) is 0 Å². The predicted octanol–water partition coefficient (Wildman–Crippen LogP) is 1.55. The van der Waals surface area contributed by atoms with E-state index in [-0.39, 0.29) is 12.0 Å². The van der Waals surface area contributed by atoms with Crippen molar-refractivity contribution in [1.29, 1.82) is 0 Å². The Labute approximate surface area is 119 Å². The van der Waals surface area contributed by atoms with Gasteiger partial charge in [-0.1, -0.05) is 0 Å². The summed E-state index contributed by atoms with van der Waals surface area (Å²) in [5.74, 6) is 0.625. The first kappa shape index (κ1) is 14.7. The van der Waals surface area contributed by atoms with Gasteiger partial charge in [0, 0.05) is 26.2 Å². The highest BCUT2D eigenvalue weighted by Crippen LogP contribution is 2.15. The molecule has 1 fully saturated rings. The fraction of sp³-hybridized carbons (Fsp3) is 0.643. The fourth-order valence-electron chi connectivity index (χ4n) is 2.37. The maximum Gasteiger partial charge on any atom is 0.274 e. The summed E-state index contributed by atoms with van der Waals surface area (Å²) in [5, 5.41) is 3.06. The van der Waals surface area contributed by atoms with Crippen LogP contribution in [0.15, 0.2) is 12.4 Å². The zero-order valence-electron chi connectivity index (χ0n) is 12.1. The minimum atomic E-state index is -0.0649. The van der Waals surface area contributed by atoms with Crippen molar-refractivity contribution in [1.82, 2.24) is 14.9 Å². The van der Waals surface area contributed by atoms with Crippen LogP contribution in [-0.2, 0) is 4.74 Å². The Bertz CT molecular complexity index is 433. The smallest absolute Gasteiger partial charge is 0.274 e. The molecule has 6 nitrogen and oxygen atoms in total. The quantitative estimate of drug-likeness (QED) is 0.885. The van der Waals surface area contributed by atoms with Gasteiger partial charge >= 0.3 is 0 Å². The maximum atomic E-state index is 12.4. The van der Waals surface area contributed by atoms with Crippen molar-refractivity contribution in [3.05, 3.63) is 18.1 Å². The van der Waals surface area contributed by atoms with Crippen LogP contribution in [0.25, 0.3) is 0 Å². The molecule has 1 atom stereocenters. The van der Waals surface area contributed by atoms with Crippen molar-refractivity contribution in [3.63, 3.8) is 0 Å². The summed E-state index contributed by atoms with van der Waals surface area (Å²) in [6.45, 7) is 6.84. The molecular formula is C14H22N4O2. The molecule has 0 saturated carbocycles. The number of rotatable bonds is 5. The number of nitrogens with zero attached hydrogens (tertiary/aromatic N) is 3.